The fourth-order valence-corrected chi connectivity index (χ4v) is 3.08. The number of carbonyl (C=O) groups is 1. The van der Waals surface area contributed by atoms with Gasteiger partial charge in [-0.3, -0.25) is 9.69 Å². The second-order valence-corrected chi connectivity index (χ2v) is 4.98. The average Bonchev–Trinajstić information content (AvgIpc) is 3.00. The van der Waals surface area contributed by atoms with Crippen molar-refractivity contribution in [1.82, 2.24) is 4.90 Å². The third-order valence-corrected chi connectivity index (χ3v) is 3.93. The van der Waals surface area contributed by atoms with Gasteiger partial charge in [-0.05, 0) is 12.0 Å². The Bertz CT molecular complexity index is 469. The summed E-state index contributed by atoms with van der Waals surface area (Å²) in [6.45, 7) is 0.812. The van der Waals surface area contributed by atoms with E-state index in [0.29, 0.717) is 12.0 Å². The van der Waals surface area contributed by atoms with Gasteiger partial charge in [0.2, 0.25) is 0 Å². The minimum Gasteiger partial charge on any atom is -0.468 e. The largest absolute Gasteiger partial charge is 0.468 e. The number of ether oxygens (including phenoxy) is 1. The van der Waals surface area contributed by atoms with E-state index >= 15 is 0 Å². The van der Waals surface area contributed by atoms with Crippen molar-refractivity contribution in [3.63, 3.8) is 0 Å². The molecule has 1 aromatic rings. The van der Waals surface area contributed by atoms with Crippen molar-refractivity contribution < 1.29 is 9.53 Å². The summed E-state index contributed by atoms with van der Waals surface area (Å²) in [5.41, 5.74) is 1.24. The Morgan fingerprint density at radius 2 is 2.11 bits per heavy atom. The summed E-state index contributed by atoms with van der Waals surface area (Å²) in [5, 5.41) is 0. The first-order valence-electron chi connectivity index (χ1n) is 6.35. The van der Waals surface area contributed by atoms with E-state index < -0.39 is 0 Å². The van der Waals surface area contributed by atoms with Gasteiger partial charge < -0.3 is 4.74 Å². The van der Waals surface area contributed by atoms with Gasteiger partial charge >= 0.3 is 5.97 Å². The lowest BCUT2D eigenvalue weighted by Crippen LogP contribution is -2.44. The molecule has 3 heteroatoms. The fraction of sp³-hybridized carbons (Fsp3) is 0.400. The number of likely N-dealkylation sites (tertiary alicyclic amines) is 1. The number of methoxy groups -OCH3 is 1. The van der Waals surface area contributed by atoms with E-state index in [-0.39, 0.29) is 12.0 Å². The van der Waals surface area contributed by atoms with Crippen LogP contribution in [0.2, 0.25) is 0 Å². The Morgan fingerprint density at radius 3 is 2.83 bits per heavy atom. The van der Waals surface area contributed by atoms with Crippen molar-refractivity contribution in [2.75, 3.05) is 7.11 Å². The van der Waals surface area contributed by atoms with Crippen LogP contribution in [0.4, 0.5) is 0 Å². The summed E-state index contributed by atoms with van der Waals surface area (Å²) in [7, 11) is 1.47. The SMILES string of the molecule is COC(=O)[C@@H]1[C@H]2C=C[C@H](C2)N1Cc1ccccc1. The van der Waals surface area contributed by atoms with Gasteiger partial charge in [-0.15, -0.1) is 0 Å². The van der Waals surface area contributed by atoms with Crippen LogP contribution in [0.15, 0.2) is 42.5 Å². The molecule has 0 radical (unpaired) electrons. The summed E-state index contributed by atoms with van der Waals surface area (Å²) in [6, 6.07) is 10.6. The Morgan fingerprint density at radius 1 is 1.33 bits per heavy atom. The van der Waals surface area contributed by atoms with Gasteiger partial charge in [-0.1, -0.05) is 42.5 Å². The first-order chi connectivity index (χ1) is 8.79. The molecule has 0 aromatic heterocycles. The Hall–Kier alpha value is -1.61. The van der Waals surface area contributed by atoms with Crippen LogP contribution in [-0.4, -0.2) is 30.1 Å². The van der Waals surface area contributed by atoms with Gasteiger partial charge in [-0.25, -0.2) is 0 Å². The molecule has 18 heavy (non-hydrogen) atoms. The van der Waals surface area contributed by atoms with E-state index in [1.165, 1.54) is 12.7 Å². The number of benzene rings is 1. The van der Waals surface area contributed by atoms with Gasteiger partial charge in [0.05, 0.1) is 7.11 Å². The number of esters is 1. The molecule has 0 spiro atoms. The van der Waals surface area contributed by atoms with Crippen LogP contribution in [0.25, 0.3) is 0 Å². The van der Waals surface area contributed by atoms with Gasteiger partial charge in [0.25, 0.3) is 0 Å². The zero-order valence-electron chi connectivity index (χ0n) is 10.5. The second kappa shape index (κ2) is 4.58. The summed E-state index contributed by atoms with van der Waals surface area (Å²) in [5.74, 6) is 0.217. The van der Waals surface area contributed by atoms with E-state index in [1.807, 2.05) is 18.2 Å². The number of nitrogens with zero attached hydrogens (tertiary/aromatic N) is 1. The van der Waals surface area contributed by atoms with E-state index in [9.17, 15) is 4.79 Å². The van der Waals surface area contributed by atoms with Crippen LogP contribution in [0.1, 0.15) is 12.0 Å². The third-order valence-electron chi connectivity index (χ3n) is 3.93. The van der Waals surface area contributed by atoms with Gasteiger partial charge in [0.15, 0.2) is 0 Å². The molecule has 3 atom stereocenters. The van der Waals surface area contributed by atoms with Crippen LogP contribution in [0.3, 0.4) is 0 Å². The highest BCUT2D eigenvalue weighted by atomic mass is 16.5. The van der Waals surface area contributed by atoms with Crippen molar-refractivity contribution >= 4 is 5.97 Å². The molecule has 1 saturated heterocycles. The fourth-order valence-electron chi connectivity index (χ4n) is 3.08. The molecule has 1 fully saturated rings. The minimum absolute atomic E-state index is 0.106. The molecule has 3 nitrogen and oxygen atoms in total. The van der Waals surface area contributed by atoms with Crippen molar-refractivity contribution in [3.8, 4) is 0 Å². The first kappa shape index (κ1) is 11.5. The minimum atomic E-state index is -0.109. The molecular formula is C15H17NO2. The molecule has 2 aliphatic rings. The Labute approximate surface area is 107 Å². The van der Waals surface area contributed by atoms with Crippen molar-refractivity contribution in [1.29, 1.82) is 0 Å². The van der Waals surface area contributed by atoms with Crippen LogP contribution >= 0.6 is 0 Å². The van der Waals surface area contributed by atoms with Crippen LogP contribution < -0.4 is 0 Å². The number of rotatable bonds is 3. The molecule has 0 N–H and O–H groups in total. The van der Waals surface area contributed by atoms with E-state index in [2.05, 4.69) is 29.2 Å². The number of carbonyl (C=O) groups excluding carboxylic acids is 1. The van der Waals surface area contributed by atoms with Crippen molar-refractivity contribution in [2.24, 2.45) is 5.92 Å². The van der Waals surface area contributed by atoms with E-state index in [0.717, 1.165) is 13.0 Å². The van der Waals surface area contributed by atoms with Gasteiger partial charge in [0.1, 0.15) is 6.04 Å². The second-order valence-electron chi connectivity index (χ2n) is 4.98. The Kier molecular flexibility index (Phi) is 2.92. The number of fused-ring (bicyclic) bond motifs is 2. The molecule has 2 bridgehead atoms. The lowest BCUT2D eigenvalue weighted by Gasteiger charge is -2.30. The maximum Gasteiger partial charge on any atom is 0.323 e. The molecule has 1 aliphatic heterocycles. The highest BCUT2D eigenvalue weighted by Gasteiger charge is 2.46. The topological polar surface area (TPSA) is 29.5 Å². The van der Waals surface area contributed by atoms with Gasteiger partial charge in [-0.2, -0.15) is 0 Å². The predicted molar refractivity (Wildman–Crippen MR) is 68.8 cm³/mol. The first-order valence-corrected chi connectivity index (χ1v) is 6.35. The zero-order valence-corrected chi connectivity index (χ0v) is 10.5. The molecule has 0 amide bonds. The predicted octanol–water partition coefficient (Wildman–Crippen LogP) is 1.99. The normalized spacial score (nSPS) is 29.7. The molecule has 1 heterocycles. The molecule has 0 unspecified atom stereocenters. The highest BCUT2D eigenvalue weighted by Crippen LogP contribution is 2.38. The Balaban J connectivity index is 1.82. The van der Waals surface area contributed by atoms with E-state index in [4.69, 9.17) is 4.74 Å². The standard InChI is InChI=1S/C15H17NO2/c1-18-15(17)14-12-7-8-13(9-12)16(14)10-11-5-3-2-4-6-11/h2-8,12-14H,9-10H2,1H3/t12-,13+,14-/m0/s1. The molecule has 94 valence electrons. The quantitative estimate of drug-likeness (QED) is 0.600. The molecule has 1 aromatic carbocycles. The number of hydrogen-bond acceptors (Lipinski definition) is 3. The summed E-state index contributed by atoms with van der Waals surface area (Å²) in [6.07, 6.45) is 5.42. The monoisotopic (exact) mass is 243 g/mol. The number of hydrogen-bond donors (Lipinski definition) is 0. The van der Waals surface area contributed by atoms with Crippen LogP contribution in [-0.2, 0) is 16.1 Å². The molecule has 3 rings (SSSR count). The summed E-state index contributed by atoms with van der Waals surface area (Å²) < 4.78 is 4.94. The van der Waals surface area contributed by atoms with Crippen LogP contribution in [0.5, 0.6) is 0 Å². The lowest BCUT2D eigenvalue weighted by atomic mass is 10.0. The lowest BCUT2D eigenvalue weighted by molar-refractivity contribution is -0.147. The van der Waals surface area contributed by atoms with Crippen molar-refractivity contribution in [3.05, 3.63) is 48.0 Å². The average molecular weight is 243 g/mol. The maximum absolute atomic E-state index is 11.9. The smallest absolute Gasteiger partial charge is 0.323 e. The molecule has 0 saturated carbocycles. The van der Waals surface area contributed by atoms with Gasteiger partial charge in [0, 0.05) is 18.5 Å². The summed E-state index contributed by atoms with van der Waals surface area (Å²) >= 11 is 0. The van der Waals surface area contributed by atoms with Crippen LogP contribution in [0, 0.1) is 5.92 Å². The third kappa shape index (κ3) is 1.85. The zero-order chi connectivity index (χ0) is 12.5. The van der Waals surface area contributed by atoms with E-state index in [1.54, 1.807) is 0 Å². The molecular weight excluding hydrogens is 226 g/mol. The summed E-state index contributed by atoms with van der Waals surface area (Å²) in [4.78, 5) is 14.2. The molecule has 1 aliphatic carbocycles. The van der Waals surface area contributed by atoms with Crippen molar-refractivity contribution in [2.45, 2.75) is 25.0 Å². The highest BCUT2D eigenvalue weighted by molar-refractivity contribution is 5.77. The maximum atomic E-state index is 11.9.